The van der Waals surface area contributed by atoms with Crippen molar-refractivity contribution in [2.75, 3.05) is 13.7 Å². The Labute approximate surface area is 247 Å². The van der Waals surface area contributed by atoms with E-state index in [1.165, 1.54) is 21.1 Å². The van der Waals surface area contributed by atoms with Crippen molar-refractivity contribution >= 4 is 45.3 Å². The van der Waals surface area contributed by atoms with Gasteiger partial charge in [0.05, 0.1) is 30.1 Å². The van der Waals surface area contributed by atoms with Gasteiger partial charge in [-0.05, 0) is 64.0 Å². The van der Waals surface area contributed by atoms with Crippen LogP contribution in [0, 0.1) is 0 Å². The first-order valence-corrected chi connectivity index (χ1v) is 13.7. The molecule has 12 heteroatoms. The van der Waals surface area contributed by atoms with Crippen molar-refractivity contribution in [3.05, 3.63) is 115 Å². The molecule has 2 amide bonds. The van der Waals surface area contributed by atoms with Crippen molar-refractivity contribution in [3.8, 4) is 11.4 Å². The van der Waals surface area contributed by atoms with Crippen molar-refractivity contribution in [1.82, 2.24) is 19.4 Å². The number of nitrogens with zero attached hydrogens (tertiary/aromatic N) is 3. The molecular weight excluding hydrogens is 616 g/mol. The fraction of sp³-hybridized carbons (Fsp3) is 0.172. The van der Waals surface area contributed by atoms with Crippen LogP contribution < -0.4 is 15.7 Å². The summed E-state index contributed by atoms with van der Waals surface area (Å²) in [5.41, 5.74) is 0.831. The van der Waals surface area contributed by atoms with Crippen molar-refractivity contribution in [2.45, 2.75) is 19.1 Å². The van der Waals surface area contributed by atoms with Crippen LogP contribution in [0.1, 0.15) is 38.1 Å². The van der Waals surface area contributed by atoms with Gasteiger partial charge < -0.3 is 20.1 Å². The van der Waals surface area contributed by atoms with E-state index in [2.05, 4.69) is 21.2 Å². The van der Waals surface area contributed by atoms with Gasteiger partial charge in [0.2, 0.25) is 0 Å². The molecule has 0 aliphatic carbocycles. The highest BCUT2D eigenvalue weighted by atomic mass is 79.9. The standard InChI is InChI=1S/C29H24BrClN4O6/c1-41-20-10-8-19(9-11-20)35-25(26(36)32-24(28(38)39)17-5-3-2-4-6-17)23-16-33(13-14-34(23)29(35)40)27(37)18-7-12-21(30)22(31)15-18/h2-12,15,24H,13-14,16H2,1H3,(H,32,36)(H,38,39). The molecule has 0 saturated heterocycles. The zero-order valence-corrected chi connectivity index (χ0v) is 24.1. The van der Waals surface area contributed by atoms with Crippen molar-refractivity contribution in [2.24, 2.45) is 0 Å². The summed E-state index contributed by atoms with van der Waals surface area (Å²) >= 11 is 9.52. The van der Waals surface area contributed by atoms with Crippen molar-refractivity contribution in [3.63, 3.8) is 0 Å². The predicted octanol–water partition coefficient (Wildman–Crippen LogP) is 4.28. The zero-order chi connectivity index (χ0) is 29.3. The normalized spacial score (nSPS) is 13.3. The molecule has 2 N–H and O–H groups in total. The molecule has 4 aromatic rings. The molecule has 1 unspecified atom stereocenters. The molecule has 0 spiro atoms. The molecule has 5 rings (SSSR count). The van der Waals surface area contributed by atoms with Gasteiger partial charge in [-0.2, -0.15) is 0 Å². The highest BCUT2D eigenvalue weighted by Crippen LogP contribution is 2.27. The van der Waals surface area contributed by atoms with Crippen LogP contribution in [0.2, 0.25) is 5.02 Å². The summed E-state index contributed by atoms with van der Waals surface area (Å²) in [4.78, 5) is 54.6. The Hall–Kier alpha value is -4.35. The topological polar surface area (TPSA) is 123 Å². The van der Waals surface area contributed by atoms with Crippen LogP contribution in [0.3, 0.4) is 0 Å². The molecule has 41 heavy (non-hydrogen) atoms. The van der Waals surface area contributed by atoms with Gasteiger partial charge in [-0.1, -0.05) is 41.9 Å². The SMILES string of the molecule is COc1ccc(-n2c(C(=O)NC(C(=O)O)c3ccccc3)c3n(c2=O)CCN(C(=O)c2ccc(Br)c(Cl)c2)C3)cc1. The zero-order valence-electron chi connectivity index (χ0n) is 21.7. The monoisotopic (exact) mass is 638 g/mol. The van der Waals surface area contributed by atoms with E-state index >= 15 is 0 Å². The van der Waals surface area contributed by atoms with Crippen molar-refractivity contribution in [1.29, 1.82) is 0 Å². The molecular formula is C29H24BrClN4O6. The minimum absolute atomic E-state index is 0.0588. The molecule has 0 fully saturated rings. The van der Waals surface area contributed by atoms with E-state index in [0.717, 1.165) is 0 Å². The number of hydrogen-bond donors (Lipinski definition) is 2. The van der Waals surface area contributed by atoms with Gasteiger partial charge in [0.15, 0.2) is 6.04 Å². The number of hydrogen-bond acceptors (Lipinski definition) is 5. The lowest BCUT2D eigenvalue weighted by atomic mass is 10.1. The maximum Gasteiger partial charge on any atom is 0.333 e. The summed E-state index contributed by atoms with van der Waals surface area (Å²) in [7, 11) is 1.51. The minimum Gasteiger partial charge on any atom is -0.497 e. The Balaban J connectivity index is 1.59. The van der Waals surface area contributed by atoms with Gasteiger partial charge in [-0.25, -0.2) is 9.59 Å². The molecule has 0 saturated carbocycles. The number of ether oxygens (including phenoxy) is 1. The lowest BCUT2D eigenvalue weighted by Crippen LogP contribution is -2.41. The van der Waals surface area contributed by atoms with Gasteiger partial charge >= 0.3 is 11.7 Å². The van der Waals surface area contributed by atoms with Gasteiger partial charge in [0.1, 0.15) is 11.4 Å². The maximum absolute atomic E-state index is 13.9. The smallest absolute Gasteiger partial charge is 0.333 e. The van der Waals surface area contributed by atoms with Crippen LogP contribution in [0.5, 0.6) is 5.75 Å². The number of carboxylic acid groups (broad SMARTS) is 1. The molecule has 3 aromatic carbocycles. The third kappa shape index (κ3) is 5.50. The lowest BCUT2D eigenvalue weighted by molar-refractivity contribution is -0.139. The van der Waals surface area contributed by atoms with E-state index < -0.39 is 23.6 Å². The summed E-state index contributed by atoms with van der Waals surface area (Å²) in [5.74, 6) is -1.81. The van der Waals surface area contributed by atoms with E-state index in [0.29, 0.717) is 32.1 Å². The summed E-state index contributed by atoms with van der Waals surface area (Å²) < 4.78 is 8.55. The number of nitrogens with one attached hydrogen (secondary N) is 1. The van der Waals surface area contributed by atoms with Crippen LogP contribution in [0.4, 0.5) is 0 Å². The van der Waals surface area contributed by atoms with Crippen LogP contribution in [-0.2, 0) is 17.9 Å². The number of imidazole rings is 1. The first kappa shape index (κ1) is 28.2. The second kappa shape index (κ2) is 11.6. The first-order chi connectivity index (χ1) is 19.7. The van der Waals surface area contributed by atoms with Crippen LogP contribution in [0.25, 0.3) is 5.69 Å². The number of rotatable bonds is 7. The maximum atomic E-state index is 13.9. The third-order valence-corrected chi connectivity index (χ3v) is 8.07. The van der Waals surface area contributed by atoms with Gasteiger partial charge in [-0.15, -0.1) is 0 Å². The Morgan fingerprint density at radius 3 is 2.37 bits per heavy atom. The predicted molar refractivity (Wildman–Crippen MR) is 155 cm³/mol. The third-order valence-electron chi connectivity index (χ3n) is 6.83. The Morgan fingerprint density at radius 2 is 1.73 bits per heavy atom. The summed E-state index contributed by atoms with van der Waals surface area (Å²) in [6.45, 7) is 0.292. The molecule has 0 bridgehead atoms. The number of amides is 2. The summed E-state index contributed by atoms with van der Waals surface area (Å²) in [6, 6.07) is 18.3. The van der Waals surface area contributed by atoms with E-state index in [1.807, 2.05) is 0 Å². The average Bonchev–Trinajstić information content (AvgIpc) is 3.28. The minimum atomic E-state index is -1.37. The number of carboxylic acids is 1. The number of carbonyl (C=O) groups excluding carboxylic acids is 2. The Kier molecular flexibility index (Phi) is 8.00. The average molecular weight is 640 g/mol. The van der Waals surface area contributed by atoms with Gasteiger partial charge in [0, 0.05) is 23.1 Å². The van der Waals surface area contributed by atoms with E-state index in [9.17, 15) is 24.3 Å². The van der Waals surface area contributed by atoms with E-state index in [1.54, 1.807) is 72.8 Å². The molecule has 1 aliphatic rings. The summed E-state index contributed by atoms with van der Waals surface area (Å²) in [5, 5.41) is 12.9. The van der Waals surface area contributed by atoms with Crippen LogP contribution in [-0.4, -0.2) is 50.6 Å². The lowest BCUT2D eigenvalue weighted by Gasteiger charge is -2.28. The number of benzene rings is 3. The number of aliphatic carboxylic acids is 1. The largest absolute Gasteiger partial charge is 0.497 e. The highest BCUT2D eigenvalue weighted by molar-refractivity contribution is 9.10. The van der Waals surface area contributed by atoms with Gasteiger partial charge in [0.25, 0.3) is 11.8 Å². The Morgan fingerprint density at radius 1 is 1.02 bits per heavy atom. The summed E-state index contributed by atoms with van der Waals surface area (Å²) in [6.07, 6.45) is 0. The highest BCUT2D eigenvalue weighted by Gasteiger charge is 2.34. The second-order valence-electron chi connectivity index (χ2n) is 9.27. The first-order valence-electron chi connectivity index (χ1n) is 12.5. The van der Waals surface area contributed by atoms with Gasteiger partial charge in [-0.3, -0.25) is 18.7 Å². The van der Waals surface area contributed by atoms with E-state index in [-0.39, 0.29) is 36.9 Å². The molecule has 1 aliphatic heterocycles. The number of methoxy groups -OCH3 is 1. The Bertz CT molecular complexity index is 1700. The molecule has 1 atom stereocenters. The fourth-order valence-corrected chi connectivity index (χ4v) is 5.21. The molecule has 210 valence electrons. The quantitative estimate of drug-likeness (QED) is 0.311. The molecule has 1 aromatic heterocycles. The molecule has 2 heterocycles. The number of halogens is 2. The van der Waals surface area contributed by atoms with E-state index in [4.69, 9.17) is 16.3 Å². The molecule has 0 radical (unpaired) electrons. The second-order valence-corrected chi connectivity index (χ2v) is 10.5. The number of carbonyl (C=O) groups is 3. The fourth-order valence-electron chi connectivity index (χ4n) is 4.78. The number of fused-ring (bicyclic) bond motifs is 1. The van der Waals surface area contributed by atoms with Crippen LogP contribution >= 0.6 is 27.5 Å². The van der Waals surface area contributed by atoms with Crippen molar-refractivity contribution < 1.29 is 24.2 Å². The number of aromatic nitrogens is 2. The molecule has 10 nitrogen and oxygen atoms in total. The van der Waals surface area contributed by atoms with Crippen LogP contribution in [0.15, 0.2) is 82.1 Å².